The van der Waals surface area contributed by atoms with Gasteiger partial charge in [-0.05, 0) is 88.5 Å². The fraction of sp³-hybridized carbons (Fsp3) is 0.462. The molecule has 2 aromatic rings. The number of benzene rings is 1. The molecule has 35 heavy (non-hydrogen) atoms. The summed E-state index contributed by atoms with van der Waals surface area (Å²) in [6.07, 6.45) is 7.54. The molecule has 2 aliphatic carbocycles. The zero-order valence-electron chi connectivity index (χ0n) is 20.7. The quantitative estimate of drug-likeness (QED) is 0.528. The molecule has 0 aliphatic heterocycles. The van der Waals surface area contributed by atoms with Gasteiger partial charge in [-0.2, -0.15) is 5.26 Å². The standard InChI is InChI=1S/C26H32N4O3S2/c1-17(2)33-24-11-8-18(14-19(24)15-27)26-28-16-25(34-26)22-7-5-6-21-20(22)9-10-23(21)29-35(31,32)13-12-30(3)4/h6,8,11,14,16-17,23,29H,5,7,9-10,12-13H2,1-4H3/t23-/m0/s1. The Bertz CT molecular complexity index is 1300. The Balaban J connectivity index is 1.56. The molecule has 0 saturated heterocycles. The SMILES string of the molecule is CC(C)Oc1ccc(-c2ncc(C3=C4CC[C@H](NS(=O)(=O)CCN(C)C)C4=CCC3)s2)cc1C#N. The zero-order valence-corrected chi connectivity index (χ0v) is 22.3. The van der Waals surface area contributed by atoms with E-state index in [-0.39, 0.29) is 17.9 Å². The van der Waals surface area contributed by atoms with Gasteiger partial charge in [0, 0.05) is 24.3 Å². The van der Waals surface area contributed by atoms with Crippen LogP contribution in [-0.2, 0) is 10.0 Å². The van der Waals surface area contributed by atoms with Crippen molar-refractivity contribution in [3.8, 4) is 22.4 Å². The molecule has 1 N–H and O–H groups in total. The average Bonchev–Trinajstić information content (AvgIpc) is 3.45. The Hall–Kier alpha value is -2.51. The van der Waals surface area contributed by atoms with E-state index in [2.05, 4.69) is 21.9 Å². The molecule has 1 aromatic carbocycles. The molecule has 1 aromatic heterocycles. The number of nitrogens with zero attached hydrogens (tertiary/aromatic N) is 3. The molecule has 0 radical (unpaired) electrons. The number of allylic oxidation sites excluding steroid dienone is 2. The summed E-state index contributed by atoms with van der Waals surface area (Å²) in [5.41, 5.74) is 5.03. The summed E-state index contributed by atoms with van der Waals surface area (Å²) < 4.78 is 33.9. The van der Waals surface area contributed by atoms with E-state index in [9.17, 15) is 13.7 Å². The van der Waals surface area contributed by atoms with E-state index in [1.807, 2.05) is 57.2 Å². The average molecular weight is 513 g/mol. The maximum absolute atomic E-state index is 12.6. The monoisotopic (exact) mass is 512 g/mol. The zero-order chi connectivity index (χ0) is 25.2. The highest BCUT2D eigenvalue weighted by Crippen LogP contribution is 2.44. The van der Waals surface area contributed by atoms with Crippen LogP contribution < -0.4 is 9.46 Å². The first kappa shape index (κ1) is 25.6. The third-order valence-electron chi connectivity index (χ3n) is 6.17. The summed E-state index contributed by atoms with van der Waals surface area (Å²) in [6.45, 7) is 4.37. The predicted octanol–water partition coefficient (Wildman–Crippen LogP) is 4.59. The maximum atomic E-state index is 12.6. The first-order valence-electron chi connectivity index (χ1n) is 11.9. The van der Waals surface area contributed by atoms with Crippen LogP contribution in [0.25, 0.3) is 16.1 Å². The van der Waals surface area contributed by atoms with Crippen molar-refractivity contribution in [3.63, 3.8) is 0 Å². The molecule has 186 valence electrons. The molecule has 1 fully saturated rings. The summed E-state index contributed by atoms with van der Waals surface area (Å²) in [5.74, 6) is 0.680. The molecule has 1 atom stereocenters. The van der Waals surface area contributed by atoms with Gasteiger partial charge in [-0.3, -0.25) is 0 Å². The van der Waals surface area contributed by atoms with Gasteiger partial charge in [-0.1, -0.05) is 6.08 Å². The van der Waals surface area contributed by atoms with Crippen LogP contribution in [0.15, 0.2) is 41.6 Å². The lowest BCUT2D eigenvalue weighted by Gasteiger charge is -2.20. The van der Waals surface area contributed by atoms with Gasteiger partial charge in [0.2, 0.25) is 10.0 Å². The van der Waals surface area contributed by atoms with E-state index in [0.29, 0.717) is 17.9 Å². The molecule has 0 spiro atoms. The highest BCUT2D eigenvalue weighted by Gasteiger charge is 2.33. The fourth-order valence-corrected chi connectivity index (χ4v) is 6.95. The van der Waals surface area contributed by atoms with E-state index >= 15 is 0 Å². The number of hydrogen-bond donors (Lipinski definition) is 1. The van der Waals surface area contributed by atoms with E-state index in [1.54, 1.807) is 11.3 Å². The first-order valence-corrected chi connectivity index (χ1v) is 14.4. The molecule has 2 aliphatic rings. The third kappa shape index (κ3) is 6.01. The highest BCUT2D eigenvalue weighted by atomic mass is 32.2. The summed E-state index contributed by atoms with van der Waals surface area (Å²) in [7, 11) is 0.406. The van der Waals surface area contributed by atoms with E-state index < -0.39 is 10.0 Å². The van der Waals surface area contributed by atoms with Crippen LogP contribution in [0.2, 0.25) is 0 Å². The second-order valence-corrected chi connectivity index (χ2v) is 12.4. The largest absolute Gasteiger partial charge is 0.490 e. The number of ether oxygens (including phenoxy) is 1. The third-order valence-corrected chi connectivity index (χ3v) is 8.64. The van der Waals surface area contributed by atoms with Crippen molar-refractivity contribution in [2.45, 2.75) is 51.7 Å². The lowest BCUT2D eigenvalue weighted by Crippen LogP contribution is -2.38. The second-order valence-electron chi connectivity index (χ2n) is 9.51. The minimum Gasteiger partial charge on any atom is -0.490 e. The number of nitrogens with one attached hydrogen (secondary N) is 1. The van der Waals surface area contributed by atoms with Crippen LogP contribution >= 0.6 is 11.3 Å². The molecule has 1 heterocycles. The molecular formula is C26H32N4O3S2. The van der Waals surface area contributed by atoms with Gasteiger partial charge in [0.05, 0.1) is 22.3 Å². The molecule has 7 nitrogen and oxygen atoms in total. The smallest absolute Gasteiger partial charge is 0.213 e. The van der Waals surface area contributed by atoms with E-state index in [4.69, 9.17) is 4.74 Å². The topological polar surface area (TPSA) is 95.3 Å². The fourth-order valence-electron chi connectivity index (χ4n) is 4.54. The number of thiazole rings is 1. The van der Waals surface area contributed by atoms with Gasteiger partial charge in [0.15, 0.2) is 0 Å². The number of sulfonamides is 1. The molecule has 1 saturated carbocycles. The minimum absolute atomic E-state index is 0.00547. The summed E-state index contributed by atoms with van der Waals surface area (Å²) in [6, 6.07) is 7.68. The normalized spacial score (nSPS) is 18.1. The Morgan fingerprint density at radius 3 is 2.80 bits per heavy atom. The van der Waals surface area contributed by atoms with Crippen LogP contribution in [0.1, 0.15) is 50.0 Å². The predicted molar refractivity (Wildman–Crippen MR) is 141 cm³/mol. The molecule has 9 heteroatoms. The summed E-state index contributed by atoms with van der Waals surface area (Å²) in [4.78, 5) is 7.65. The number of nitriles is 1. The van der Waals surface area contributed by atoms with E-state index in [1.165, 1.54) is 11.1 Å². The molecule has 0 bridgehead atoms. The van der Waals surface area contributed by atoms with Crippen molar-refractivity contribution in [2.75, 3.05) is 26.4 Å². The van der Waals surface area contributed by atoms with Crippen LogP contribution in [0.5, 0.6) is 5.75 Å². The van der Waals surface area contributed by atoms with Gasteiger partial charge in [0.25, 0.3) is 0 Å². The van der Waals surface area contributed by atoms with Crippen molar-refractivity contribution >= 4 is 26.9 Å². The molecule has 4 rings (SSSR count). The lowest BCUT2D eigenvalue weighted by molar-refractivity contribution is 0.242. The molecule has 0 amide bonds. The van der Waals surface area contributed by atoms with Gasteiger partial charge >= 0.3 is 0 Å². The van der Waals surface area contributed by atoms with Crippen molar-refractivity contribution < 1.29 is 13.2 Å². The second kappa shape index (κ2) is 10.6. The van der Waals surface area contributed by atoms with Crippen molar-refractivity contribution in [1.82, 2.24) is 14.6 Å². The molecule has 0 unspecified atom stereocenters. The van der Waals surface area contributed by atoms with Crippen LogP contribution in [-0.4, -0.2) is 56.8 Å². The van der Waals surface area contributed by atoms with Gasteiger partial charge in [-0.25, -0.2) is 18.1 Å². The maximum Gasteiger partial charge on any atom is 0.213 e. The van der Waals surface area contributed by atoms with Crippen LogP contribution in [0.4, 0.5) is 0 Å². The number of fused-ring (bicyclic) bond motifs is 1. The van der Waals surface area contributed by atoms with Gasteiger partial charge < -0.3 is 9.64 Å². The lowest BCUT2D eigenvalue weighted by atomic mass is 9.91. The van der Waals surface area contributed by atoms with Crippen molar-refractivity contribution in [3.05, 3.63) is 52.1 Å². The number of rotatable bonds is 9. The Morgan fingerprint density at radius 2 is 2.09 bits per heavy atom. The summed E-state index contributed by atoms with van der Waals surface area (Å²) >= 11 is 1.62. The van der Waals surface area contributed by atoms with Crippen molar-refractivity contribution in [1.29, 1.82) is 5.26 Å². The van der Waals surface area contributed by atoms with Crippen molar-refractivity contribution in [2.24, 2.45) is 0 Å². The van der Waals surface area contributed by atoms with Gasteiger partial charge in [-0.15, -0.1) is 11.3 Å². The first-order chi connectivity index (χ1) is 16.7. The highest BCUT2D eigenvalue weighted by molar-refractivity contribution is 7.89. The van der Waals surface area contributed by atoms with E-state index in [0.717, 1.165) is 46.7 Å². The Morgan fingerprint density at radius 1 is 1.29 bits per heavy atom. The molecular weight excluding hydrogens is 480 g/mol. The summed E-state index contributed by atoms with van der Waals surface area (Å²) in [5, 5.41) is 10.4. The Labute approximate surface area is 212 Å². The van der Waals surface area contributed by atoms with Crippen LogP contribution in [0.3, 0.4) is 0 Å². The number of hydrogen-bond acceptors (Lipinski definition) is 7. The van der Waals surface area contributed by atoms with Crippen LogP contribution in [0, 0.1) is 11.3 Å². The van der Waals surface area contributed by atoms with Gasteiger partial charge in [0.1, 0.15) is 16.8 Å². The minimum atomic E-state index is -3.34. The number of aromatic nitrogens is 1. The Kier molecular flexibility index (Phi) is 7.77.